The summed E-state index contributed by atoms with van der Waals surface area (Å²) in [5, 5.41) is 2.90. The topological polar surface area (TPSA) is 64.6 Å². The van der Waals surface area contributed by atoms with Crippen molar-refractivity contribution in [3.05, 3.63) is 0 Å². The molecule has 0 aromatic heterocycles. The predicted molar refractivity (Wildman–Crippen MR) is 83.8 cm³/mol. The van der Waals surface area contributed by atoms with Gasteiger partial charge in [0.25, 0.3) is 0 Å². The van der Waals surface area contributed by atoms with Gasteiger partial charge in [-0.2, -0.15) is 0 Å². The van der Waals surface area contributed by atoms with Gasteiger partial charge >= 0.3 is 12.1 Å². The summed E-state index contributed by atoms with van der Waals surface area (Å²) in [4.78, 5) is 23.3. The monoisotopic (exact) mass is 297 g/mol. The molecule has 5 nitrogen and oxygen atoms in total. The first kappa shape index (κ1) is 17.9. The van der Waals surface area contributed by atoms with E-state index in [2.05, 4.69) is 5.32 Å². The lowest BCUT2D eigenvalue weighted by Gasteiger charge is -2.29. The van der Waals surface area contributed by atoms with Gasteiger partial charge in [0.15, 0.2) is 7.85 Å². The van der Waals surface area contributed by atoms with Crippen LogP contribution < -0.4 is 5.32 Å². The smallest absolute Gasteiger partial charge is 0.407 e. The highest BCUT2D eigenvalue weighted by atomic mass is 16.6. The Bertz CT molecular complexity index is 357. The molecular formula is C15H28BNO4. The molecule has 21 heavy (non-hydrogen) atoms. The van der Waals surface area contributed by atoms with Gasteiger partial charge in [-0.1, -0.05) is 0 Å². The van der Waals surface area contributed by atoms with Crippen LogP contribution in [-0.4, -0.2) is 37.6 Å². The van der Waals surface area contributed by atoms with E-state index >= 15 is 0 Å². The molecule has 1 N–H and O–H groups in total. The van der Waals surface area contributed by atoms with E-state index in [0.29, 0.717) is 12.3 Å². The van der Waals surface area contributed by atoms with E-state index in [1.165, 1.54) is 0 Å². The number of nitrogens with one attached hydrogen (secondary N) is 1. The lowest BCUT2D eigenvalue weighted by atomic mass is 9.84. The van der Waals surface area contributed by atoms with Crippen molar-refractivity contribution in [1.29, 1.82) is 0 Å². The quantitative estimate of drug-likeness (QED) is 0.636. The van der Waals surface area contributed by atoms with Crippen molar-refractivity contribution < 1.29 is 19.1 Å². The molecule has 1 aliphatic carbocycles. The molecule has 0 spiro atoms. The fraction of sp³-hybridized carbons (Fsp3) is 0.867. The summed E-state index contributed by atoms with van der Waals surface area (Å²) in [6, 6.07) is 0.0971. The van der Waals surface area contributed by atoms with Crippen LogP contribution in [-0.2, 0) is 14.3 Å². The summed E-state index contributed by atoms with van der Waals surface area (Å²) >= 11 is 0. The molecule has 1 unspecified atom stereocenters. The summed E-state index contributed by atoms with van der Waals surface area (Å²) in [5.74, 6) is 0.251. The number of rotatable bonds is 4. The number of alkyl carbamates (subject to hydrolysis) is 1. The molecule has 0 bridgehead atoms. The first-order valence-electron chi connectivity index (χ1n) is 7.84. The maximum Gasteiger partial charge on any atom is 0.407 e. The molecule has 0 saturated heterocycles. The predicted octanol–water partition coefficient (Wildman–Crippen LogP) is 1.98. The van der Waals surface area contributed by atoms with Crippen LogP contribution in [0.2, 0.25) is 0 Å². The van der Waals surface area contributed by atoms with Gasteiger partial charge in [0.2, 0.25) is 0 Å². The Morgan fingerprint density at radius 3 is 2.29 bits per heavy atom. The molecule has 120 valence electrons. The average molecular weight is 297 g/mol. The molecule has 1 atom stereocenters. The number of hydrogen-bond donors (Lipinski definition) is 1. The Morgan fingerprint density at radius 1 is 1.24 bits per heavy atom. The Labute approximate surface area is 128 Å². The zero-order valence-electron chi connectivity index (χ0n) is 13.9. The highest BCUT2D eigenvalue weighted by molar-refractivity contribution is 6.11. The van der Waals surface area contributed by atoms with Crippen LogP contribution >= 0.6 is 0 Å². The third-order valence-electron chi connectivity index (χ3n) is 3.39. The third kappa shape index (κ3) is 7.98. The van der Waals surface area contributed by atoms with E-state index in [9.17, 15) is 9.59 Å². The second-order valence-electron chi connectivity index (χ2n) is 7.11. The van der Waals surface area contributed by atoms with E-state index in [0.717, 1.165) is 25.7 Å². The lowest BCUT2D eigenvalue weighted by molar-refractivity contribution is -0.146. The van der Waals surface area contributed by atoms with Crippen molar-refractivity contribution in [3.8, 4) is 0 Å². The molecule has 1 saturated carbocycles. The summed E-state index contributed by atoms with van der Waals surface area (Å²) < 4.78 is 10.4. The number of carbonyl (C=O) groups excluding carboxylic acids is 2. The van der Waals surface area contributed by atoms with E-state index in [1.807, 2.05) is 35.5 Å². The maximum atomic E-state index is 11.7. The summed E-state index contributed by atoms with van der Waals surface area (Å²) in [5.41, 5.74) is -0.470. The van der Waals surface area contributed by atoms with Gasteiger partial charge in [-0.3, -0.25) is 4.79 Å². The first-order valence-corrected chi connectivity index (χ1v) is 7.84. The third-order valence-corrected chi connectivity index (χ3v) is 3.39. The molecule has 1 fully saturated rings. The summed E-state index contributed by atoms with van der Waals surface area (Å²) in [7, 11) is 1.86. The molecule has 0 radical (unpaired) electrons. The molecule has 0 aliphatic heterocycles. The Morgan fingerprint density at radius 2 is 1.81 bits per heavy atom. The SMILES string of the molecule is BC(C)OC(=O)C[C@H]1CC[C@H](NC(=O)OC(C)(C)C)CC1. The number of amides is 1. The molecule has 0 aromatic carbocycles. The largest absolute Gasteiger partial charge is 0.472 e. The fourth-order valence-electron chi connectivity index (χ4n) is 2.53. The molecule has 1 aliphatic rings. The van der Waals surface area contributed by atoms with Crippen molar-refractivity contribution in [2.75, 3.05) is 0 Å². The van der Waals surface area contributed by atoms with Gasteiger partial charge in [0.05, 0.1) is 6.00 Å². The normalized spacial score (nSPS) is 24.0. The molecule has 6 heteroatoms. The van der Waals surface area contributed by atoms with Crippen molar-refractivity contribution in [2.24, 2.45) is 5.92 Å². The maximum absolute atomic E-state index is 11.7. The zero-order chi connectivity index (χ0) is 16.0. The minimum Gasteiger partial charge on any atom is -0.472 e. The Hall–Kier alpha value is -1.20. The number of carbonyl (C=O) groups is 2. The highest BCUT2D eigenvalue weighted by Crippen LogP contribution is 2.27. The Kier molecular flexibility index (Phi) is 6.56. The number of esters is 1. The number of hydrogen-bond acceptors (Lipinski definition) is 4. The minimum atomic E-state index is -0.470. The summed E-state index contributed by atoms with van der Waals surface area (Å²) in [6.45, 7) is 7.41. The summed E-state index contributed by atoms with van der Waals surface area (Å²) in [6.07, 6.45) is 3.78. The van der Waals surface area contributed by atoms with E-state index in [-0.39, 0.29) is 24.1 Å². The standard InChI is InChI=1S/C15H28BNO4/c1-10(16)20-13(18)9-11-5-7-12(8-6-11)17-14(19)21-15(2,3)4/h10-12H,5-9,16H2,1-4H3,(H,17,19)/t10?,11-,12-. The van der Waals surface area contributed by atoms with Crippen molar-refractivity contribution in [2.45, 2.75) is 77.4 Å². The molecule has 0 aromatic rings. The average Bonchev–Trinajstić information content (AvgIpc) is 2.27. The van der Waals surface area contributed by atoms with E-state index in [1.54, 1.807) is 0 Å². The van der Waals surface area contributed by atoms with Gasteiger partial charge < -0.3 is 14.8 Å². The minimum absolute atomic E-state index is 0.0531. The fourth-order valence-corrected chi connectivity index (χ4v) is 2.53. The van der Waals surface area contributed by atoms with Crippen LogP contribution in [0, 0.1) is 5.92 Å². The van der Waals surface area contributed by atoms with E-state index in [4.69, 9.17) is 9.47 Å². The molecular weight excluding hydrogens is 269 g/mol. The second kappa shape index (κ2) is 7.71. The van der Waals surface area contributed by atoms with Crippen LogP contribution in [0.15, 0.2) is 0 Å². The molecule has 1 rings (SSSR count). The van der Waals surface area contributed by atoms with Gasteiger partial charge in [-0.05, 0) is 59.3 Å². The molecule has 1 amide bonds. The zero-order valence-corrected chi connectivity index (χ0v) is 13.9. The van der Waals surface area contributed by atoms with Crippen LogP contribution in [0.5, 0.6) is 0 Å². The van der Waals surface area contributed by atoms with Crippen molar-refractivity contribution in [1.82, 2.24) is 5.32 Å². The second-order valence-corrected chi connectivity index (χ2v) is 7.11. The van der Waals surface area contributed by atoms with Gasteiger partial charge in [0, 0.05) is 12.5 Å². The van der Waals surface area contributed by atoms with Crippen LogP contribution in [0.3, 0.4) is 0 Å². The lowest BCUT2D eigenvalue weighted by Crippen LogP contribution is -2.41. The van der Waals surface area contributed by atoms with Gasteiger partial charge in [-0.25, -0.2) is 4.79 Å². The highest BCUT2D eigenvalue weighted by Gasteiger charge is 2.26. The van der Waals surface area contributed by atoms with E-state index < -0.39 is 5.60 Å². The van der Waals surface area contributed by atoms with Gasteiger partial charge in [-0.15, -0.1) is 0 Å². The Balaban J connectivity index is 2.26. The van der Waals surface area contributed by atoms with Crippen molar-refractivity contribution in [3.63, 3.8) is 0 Å². The first-order chi connectivity index (χ1) is 9.65. The number of ether oxygens (including phenoxy) is 2. The van der Waals surface area contributed by atoms with Crippen LogP contribution in [0.1, 0.15) is 59.8 Å². The van der Waals surface area contributed by atoms with Crippen LogP contribution in [0.4, 0.5) is 4.79 Å². The van der Waals surface area contributed by atoms with Crippen LogP contribution in [0.25, 0.3) is 0 Å². The van der Waals surface area contributed by atoms with Crippen molar-refractivity contribution >= 4 is 19.9 Å². The van der Waals surface area contributed by atoms with Gasteiger partial charge in [0.1, 0.15) is 5.60 Å². The molecule has 0 heterocycles.